The molecule has 0 aromatic rings. The standard InChI is InChI=1S/C18H35N5O4/c1-3-5-6-7-8-14(4-2)23-15(24)9-10-20-17(26)12-22-18(27)13-21-16(25)11-19/h14H,3-13,19H2,1-2H3,(H,20,26)(H,21,25)(H,22,27)(H,23,24). The molecule has 27 heavy (non-hydrogen) atoms. The van der Waals surface area contributed by atoms with Gasteiger partial charge in [-0.25, -0.2) is 0 Å². The van der Waals surface area contributed by atoms with E-state index in [-0.39, 0.29) is 44.5 Å². The second-order valence-electron chi connectivity index (χ2n) is 6.38. The van der Waals surface area contributed by atoms with Crippen LogP contribution >= 0.6 is 0 Å². The van der Waals surface area contributed by atoms with Crippen LogP contribution in [-0.2, 0) is 19.2 Å². The number of hydrogen-bond acceptors (Lipinski definition) is 5. The third kappa shape index (κ3) is 14.7. The van der Waals surface area contributed by atoms with Gasteiger partial charge in [0.05, 0.1) is 19.6 Å². The second kappa shape index (κ2) is 16.0. The van der Waals surface area contributed by atoms with Crippen LogP contribution in [0.3, 0.4) is 0 Å². The first-order chi connectivity index (χ1) is 12.9. The van der Waals surface area contributed by atoms with Gasteiger partial charge < -0.3 is 27.0 Å². The number of unbranched alkanes of at least 4 members (excludes halogenated alkanes) is 3. The fourth-order valence-corrected chi connectivity index (χ4v) is 2.37. The van der Waals surface area contributed by atoms with E-state index in [4.69, 9.17) is 5.73 Å². The number of amides is 4. The SMILES string of the molecule is CCCCCCC(CC)NC(=O)CCNC(=O)CNC(=O)CNC(=O)CN. The van der Waals surface area contributed by atoms with E-state index in [0.717, 1.165) is 19.3 Å². The molecule has 9 nitrogen and oxygen atoms in total. The lowest BCUT2D eigenvalue weighted by Gasteiger charge is -2.17. The van der Waals surface area contributed by atoms with E-state index < -0.39 is 17.7 Å². The number of rotatable bonds is 15. The van der Waals surface area contributed by atoms with Gasteiger partial charge in [-0.2, -0.15) is 0 Å². The largest absolute Gasteiger partial charge is 0.354 e. The smallest absolute Gasteiger partial charge is 0.239 e. The highest BCUT2D eigenvalue weighted by atomic mass is 16.2. The summed E-state index contributed by atoms with van der Waals surface area (Å²) in [6.07, 6.45) is 6.74. The maximum Gasteiger partial charge on any atom is 0.239 e. The zero-order chi connectivity index (χ0) is 20.5. The normalized spacial score (nSPS) is 11.4. The molecule has 4 amide bonds. The molecule has 0 spiro atoms. The molecule has 1 unspecified atom stereocenters. The monoisotopic (exact) mass is 385 g/mol. The lowest BCUT2D eigenvalue weighted by Crippen LogP contribution is -2.43. The Bertz CT molecular complexity index is 471. The third-order valence-electron chi connectivity index (χ3n) is 4.02. The van der Waals surface area contributed by atoms with E-state index in [1.54, 1.807) is 0 Å². The highest BCUT2D eigenvalue weighted by Crippen LogP contribution is 2.08. The van der Waals surface area contributed by atoms with E-state index in [1.165, 1.54) is 19.3 Å². The molecule has 0 aliphatic rings. The van der Waals surface area contributed by atoms with Gasteiger partial charge in [0.25, 0.3) is 0 Å². The fourth-order valence-electron chi connectivity index (χ4n) is 2.37. The summed E-state index contributed by atoms with van der Waals surface area (Å²) >= 11 is 0. The van der Waals surface area contributed by atoms with Crippen LogP contribution < -0.4 is 27.0 Å². The Labute approximate surface area is 161 Å². The van der Waals surface area contributed by atoms with E-state index in [1.807, 2.05) is 6.92 Å². The third-order valence-corrected chi connectivity index (χ3v) is 4.02. The molecule has 0 fully saturated rings. The average Bonchev–Trinajstić information content (AvgIpc) is 2.66. The molecule has 6 N–H and O–H groups in total. The molecule has 1 atom stereocenters. The molecular formula is C18H35N5O4. The Morgan fingerprint density at radius 3 is 2.04 bits per heavy atom. The minimum absolute atomic E-state index is 0.0915. The highest BCUT2D eigenvalue weighted by Gasteiger charge is 2.11. The lowest BCUT2D eigenvalue weighted by atomic mass is 10.1. The average molecular weight is 386 g/mol. The Hall–Kier alpha value is -2.16. The number of nitrogens with one attached hydrogen (secondary N) is 4. The molecule has 0 aromatic heterocycles. The van der Waals surface area contributed by atoms with Gasteiger partial charge in [0, 0.05) is 19.0 Å². The van der Waals surface area contributed by atoms with Gasteiger partial charge in [0.15, 0.2) is 0 Å². The minimum atomic E-state index is -0.487. The predicted octanol–water partition coefficient (Wildman–Crippen LogP) is -0.451. The molecule has 0 aliphatic carbocycles. The summed E-state index contributed by atoms with van der Waals surface area (Å²) in [7, 11) is 0. The van der Waals surface area contributed by atoms with Crippen LogP contribution in [0, 0.1) is 0 Å². The number of carbonyl (C=O) groups excluding carboxylic acids is 4. The van der Waals surface area contributed by atoms with Crippen molar-refractivity contribution >= 4 is 23.6 Å². The summed E-state index contributed by atoms with van der Waals surface area (Å²) < 4.78 is 0. The Kier molecular flexibility index (Phi) is 14.8. The van der Waals surface area contributed by atoms with Gasteiger partial charge >= 0.3 is 0 Å². The van der Waals surface area contributed by atoms with Crippen molar-refractivity contribution in [3.63, 3.8) is 0 Å². The fraction of sp³-hybridized carbons (Fsp3) is 0.778. The topological polar surface area (TPSA) is 142 Å². The van der Waals surface area contributed by atoms with Crippen molar-refractivity contribution in [2.45, 2.75) is 64.8 Å². The van der Waals surface area contributed by atoms with Crippen molar-refractivity contribution < 1.29 is 19.2 Å². The van der Waals surface area contributed by atoms with Gasteiger partial charge in [-0.15, -0.1) is 0 Å². The summed E-state index contributed by atoms with van der Waals surface area (Å²) in [5, 5.41) is 10.2. The molecule has 0 heterocycles. The summed E-state index contributed by atoms with van der Waals surface area (Å²) in [5.41, 5.74) is 5.09. The Balaban J connectivity index is 3.83. The zero-order valence-electron chi connectivity index (χ0n) is 16.6. The summed E-state index contributed by atoms with van der Waals surface area (Å²) in [5.74, 6) is -1.42. The molecule has 0 aromatic carbocycles. The van der Waals surface area contributed by atoms with Crippen LogP contribution in [-0.4, -0.2) is 55.8 Å². The van der Waals surface area contributed by atoms with Crippen LogP contribution in [0.1, 0.15) is 58.8 Å². The quantitative estimate of drug-likeness (QED) is 0.243. The van der Waals surface area contributed by atoms with Gasteiger partial charge in [-0.1, -0.05) is 39.5 Å². The first-order valence-electron chi connectivity index (χ1n) is 9.72. The first kappa shape index (κ1) is 24.8. The van der Waals surface area contributed by atoms with Gasteiger partial charge in [-0.3, -0.25) is 19.2 Å². The molecule has 0 aliphatic heterocycles. The van der Waals surface area contributed by atoms with Crippen LogP contribution in [0.25, 0.3) is 0 Å². The van der Waals surface area contributed by atoms with Gasteiger partial charge in [0.1, 0.15) is 0 Å². The first-order valence-corrected chi connectivity index (χ1v) is 9.72. The lowest BCUT2D eigenvalue weighted by molar-refractivity contribution is -0.127. The molecule has 0 bridgehead atoms. The van der Waals surface area contributed by atoms with E-state index in [9.17, 15) is 19.2 Å². The molecular weight excluding hydrogens is 350 g/mol. The maximum atomic E-state index is 11.9. The summed E-state index contributed by atoms with van der Waals surface area (Å²) in [4.78, 5) is 45.9. The van der Waals surface area contributed by atoms with Crippen LogP contribution in [0.4, 0.5) is 0 Å². The van der Waals surface area contributed by atoms with Crippen molar-refractivity contribution in [3.05, 3.63) is 0 Å². The van der Waals surface area contributed by atoms with Crippen molar-refractivity contribution in [1.29, 1.82) is 0 Å². The van der Waals surface area contributed by atoms with Crippen molar-refractivity contribution in [3.8, 4) is 0 Å². The summed E-state index contributed by atoms with van der Waals surface area (Å²) in [6, 6.07) is 0.174. The minimum Gasteiger partial charge on any atom is -0.354 e. The van der Waals surface area contributed by atoms with E-state index in [0.29, 0.717) is 0 Å². The van der Waals surface area contributed by atoms with Crippen LogP contribution in [0.15, 0.2) is 0 Å². The van der Waals surface area contributed by atoms with Gasteiger partial charge in [-0.05, 0) is 12.8 Å². The van der Waals surface area contributed by atoms with Crippen molar-refractivity contribution in [1.82, 2.24) is 21.3 Å². The number of hydrogen-bond donors (Lipinski definition) is 5. The number of carbonyl (C=O) groups is 4. The maximum absolute atomic E-state index is 11.9. The van der Waals surface area contributed by atoms with Crippen LogP contribution in [0.5, 0.6) is 0 Å². The molecule has 0 rings (SSSR count). The molecule has 9 heteroatoms. The molecule has 156 valence electrons. The number of nitrogens with two attached hydrogens (primary N) is 1. The van der Waals surface area contributed by atoms with Gasteiger partial charge in [0.2, 0.25) is 23.6 Å². The molecule has 0 saturated heterocycles. The predicted molar refractivity (Wildman–Crippen MR) is 104 cm³/mol. The summed E-state index contributed by atoms with van der Waals surface area (Å²) in [6.45, 7) is 3.77. The van der Waals surface area contributed by atoms with Crippen molar-refractivity contribution in [2.24, 2.45) is 5.73 Å². The highest BCUT2D eigenvalue weighted by molar-refractivity contribution is 5.88. The second-order valence-corrected chi connectivity index (χ2v) is 6.38. The van der Waals surface area contributed by atoms with Crippen LogP contribution in [0.2, 0.25) is 0 Å². The molecule has 0 radical (unpaired) electrons. The zero-order valence-corrected chi connectivity index (χ0v) is 16.6. The van der Waals surface area contributed by atoms with Crippen molar-refractivity contribution in [2.75, 3.05) is 26.2 Å². The van der Waals surface area contributed by atoms with E-state index in [2.05, 4.69) is 28.2 Å². The molecule has 0 saturated carbocycles. The van der Waals surface area contributed by atoms with E-state index >= 15 is 0 Å². The Morgan fingerprint density at radius 1 is 0.815 bits per heavy atom. The Morgan fingerprint density at radius 2 is 1.44 bits per heavy atom.